The minimum Gasteiger partial charge on any atom is -0.467 e. The van der Waals surface area contributed by atoms with E-state index in [4.69, 9.17) is 15.7 Å². The van der Waals surface area contributed by atoms with E-state index >= 15 is 0 Å². The third-order valence-corrected chi connectivity index (χ3v) is 2.62. The fourth-order valence-electron chi connectivity index (χ4n) is 1.55. The quantitative estimate of drug-likeness (QED) is 0.625. The summed E-state index contributed by atoms with van der Waals surface area (Å²) in [6.07, 6.45) is 0. The van der Waals surface area contributed by atoms with Crippen LogP contribution in [0.1, 0.15) is 19.4 Å². The molecule has 0 bridgehead atoms. The van der Waals surface area contributed by atoms with Crippen molar-refractivity contribution in [1.29, 1.82) is 5.26 Å². The van der Waals surface area contributed by atoms with E-state index in [1.165, 1.54) is 7.11 Å². The molecule has 0 amide bonds. The lowest BCUT2D eigenvalue weighted by Gasteiger charge is -2.21. The largest absolute Gasteiger partial charge is 0.467 e. The highest BCUT2D eigenvalue weighted by Crippen LogP contribution is 2.19. The first-order valence-electron chi connectivity index (χ1n) is 5.63. The van der Waals surface area contributed by atoms with E-state index in [0.29, 0.717) is 16.9 Å². The molecule has 18 heavy (non-hydrogen) atoms. The fraction of sp³-hybridized carbons (Fsp3) is 0.385. The van der Waals surface area contributed by atoms with Crippen LogP contribution < -0.4 is 11.1 Å². The summed E-state index contributed by atoms with van der Waals surface area (Å²) < 4.78 is 4.74. The summed E-state index contributed by atoms with van der Waals surface area (Å²) in [6.45, 7) is 3.83. The first kappa shape index (κ1) is 13.8. The number of nitriles is 1. The Kier molecular flexibility index (Phi) is 4.55. The summed E-state index contributed by atoms with van der Waals surface area (Å²) in [5.41, 5.74) is 7.11. The van der Waals surface area contributed by atoms with Gasteiger partial charge >= 0.3 is 5.97 Å². The van der Waals surface area contributed by atoms with Crippen LogP contribution in [-0.2, 0) is 9.53 Å². The van der Waals surface area contributed by atoms with Crippen molar-refractivity contribution in [3.63, 3.8) is 0 Å². The van der Waals surface area contributed by atoms with Crippen LogP contribution in [0, 0.1) is 17.2 Å². The van der Waals surface area contributed by atoms with Crippen LogP contribution in [0.3, 0.4) is 0 Å². The molecule has 0 saturated heterocycles. The number of esters is 1. The normalized spacial score (nSPS) is 11.7. The maximum Gasteiger partial charge on any atom is 0.328 e. The number of nitrogens with two attached hydrogens (primary N) is 1. The smallest absolute Gasteiger partial charge is 0.328 e. The fourth-order valence-corrected chi connectivity index (χ4v) is 1.55. The van der Waals surface area contributed by atoms with Crippen molar-refractivity contribution in [2.75, 3.05) is 18.2 Å². The van der Waals surface area contributed by atoms with Crippen LogP contribution in [0.5, 0.6) is 0 Å². The number of rotatable bonds is 4. The number of methoxy groups -OCH3 is 1. The number of anilines is 2. The molecule has 0 saturated carbocycles. The van der Waals surface area contributed by atoms with Gasteiger partial charge in [-0.2, -0.15) is 5.26 Å². The van der Waals surface area contributed by atoms with Crippen LogP contribution in [0.2, 0.25) is 0 Å². The lowest BCUT2D eigenvalue weighted by Crippen LogP contribution is -2.35. The highest BCUT2D eigenvalue weighted by molar-refractivity contribution is 5.80. The molecule has 0 radical (unpaired) electrons. The Balaban J connectivity index is 2.95. The second-order valence-corrected chi connectivity index (χ2v) is 4.30. The molecule has 0 fully saturated rings. The van der Waals surface area contributed by atoms with Gasteiger partial charge in [-0.25, -0.2) is 4.79 Å². The number of carbonyl (C=O) groups excluding carboxylic acids is 1. The van der Waals surface area contributed by atoms with E-state index < -0.39 is 6.04 Å². The molecule has 0 aliphatic heterocycles. The zero-order valence-electron chi connectivity index (χ0n) is 10.7. The monoisotopic (exact) mass is 247 g/mol. The predicted molar refractivity (Wildman–Crippen MR) is 69.8 cm³/mol. The molecular formula is C13H17N3O2. The van der Waals surface area contributed by atoms with Gasteiger partial charge in [-0.1, -0.05) is 13.8 Å². The Morgan fingerprint density at radius 1 is 1.50 bits per heavy atom. The number of nitrogen functional groups attached to an aromatic ring is 1. The van der Waals surface area contributed by atoms with Gasteiger partial charge in [-0.3, -0.25) is 0 Å². The lowest BCUT2D eigenvalue weighted by atomic mass is 10.0. The number of ether oxygens (including phenoxy) is 1. The summed E-state index contributed by atoms with van der Waals surface area (Å²) in [5.74, 6) is -0.263. The van der Waals surface area contributed by atoms with Crippen LogP contribution in [0.15, 0.2) is 18.2 Å². The van der Waals surface area contributed by atoms with Gasteiger partial charge in [0.05, 0.1) is 12.7 Å². The van der Waals surface area contributed by atoms with E-state index in [9.17, 15) is 4.79 Å². The summed E-state index contributed by atoms with van der Waals surface area (Å²) >= 11 is 0. The van der Waals surface area contributed by atoms with E-state index in [0.717, 1.165) is 0 Å². The molecule has 0 aliphatic rings. The molecule has 5 nitrogen and oxygen atoms in total. The first-order chi connectivity index (χ1) is 8.49. The molecule has 0 spiro atoms. The Bertz CT molecular complexity index is 478. The number of hydrogen-bond acceptors (Lipinski definition) is 5. The first-order valence-corrected chi connectivity index (χ1v) is 5.63. The lowest BCUT2D eigenvalue weighted by molar-refractivity contribution is -0.142. The third kappa shape index (κ3) is 3.14. The van der Waals surface area contributed by atoms with Gasteiger partial charge in [0.25, 0.3) is 0 Å². The maximum absolute atomic E-state index is 11.6. The van der Waals surface area contributed by atoms with Crippen molar-refractivity contribution >= 4 is 17.3 Å². The van der Waals surface area contributed by atoms with Crippen molar-refractivity contribution in [3.05, 3.63) is 23.8 Å². The highest BCUT2D eigenvalue weighted by atomic mass is 16.5. The molecule has 1 aromatic carbocycles. The number of nitrogens with one attached hydrogen (secondary N) is 1. The summed E-state index contributed by atoms with van der Waals surface area (Å²) in [6, 6.07) is 6.53. The second kappa shape index (κ2) is 5.92. The van der Waals surface area contributed by atoms with Crippen molar-refractivity contribution in [1.82, 2.24) is 0 Å². The number of benzene rings is 1. The summed E-state index contributed by atoms with van der Waals surface area (Å²) in [4.78, 5) is 11.6. The molecule has 0 aliphatic carbocycles. The molecule has 96 valence electrons. The van der Waals surface area contributed by atoms with E-state index in [1.807, 2.05) is 19.9 Å². The van der Waals surface area contributed by atoms with Crippen LogP contribution in [-0.4, -0.2) is 19.1 Å². The standard InChI is InChI=1S/C13H17N3O2/c1-8(2)12(13(17)18-3)16-10-4-5-11(15)9(6-10)7-14/h4-6,8,12,16H,15H2,1-3H3. The number of carbonyl (C=O) groups is 1. The SMILES string of the molecule is COC(=O)C(Nc1ccc(N)c(C#N)c1)C(C)C. The minimum atomic E-state index is -0.454. The van der Waals surface area contributed by atoms with Crippen molar-refractivity contribution < 1.29 is 9.53 Å². The van der Waals surface area contributed by atoms with Gasteiger partial charge in [0.1, 0.15) is 12.1 Å². The molecule has 1 atom stereocenters. The average molecular weight is 247 g/mol. The van der Waals surface area contributed by atoms with Crippen LogP contribution >= 0.6 is 0 Å². The number of nitrogens with zero attached hydrogens (tertiary/aromatic N) is 1. The second-order valence-electron chi connectivity index (χ2n) is 4.30. The van der Waals surface area contributed by atoms with Crippen molar-refractivity contribution in [2.45, 2.75) is 19.9 Å². The highest BCUT2D eigenvalue weighted by Gasteiger charge is 2.22. The Hall–Kier alpha value is -2.22. The molecule has 1 aromatic rings. The number of hydrogen-bond donors (Lipinski definition) is 2. The van der Waals surface area contributed by atoms with Gasteiger partial charge in [-0.15, -0.1) is 0 Å². The Morgan fingerprint density at radius 3 is 2.67 bits per heavy atom. The molecule has 3 N–H and O–H groups in total. The van der Waals surface area contributed by atoms with Gasteiger partial charge in [0, 0.05) is 11.4 Å². The minimum absolute atomic E-state index is 0.0699. The van der Waals surface area contributed by atoms with Crippen molar-refractivity contribution in [2.24, 2.45) is 5.92 Å². The maximum atomic E-state index is 11.6. The molecule has 1 unspecified atom stereocenters. The molecular weight excluding hydrogens is 230 g/mol. The Morgan fingerprint density at radius 2 is 2.17 bits per heavy atom. The van der Waals surface area contributed by atoms with Crippen molar-refractivity contribution in [3.8, 4) is 6.07 Å². The third-order valence-electron chi connectivity index (χ3n) is 2.62. The Labute approximate surface area is 107 Å². The molecule has 1 rings (SSSR count). The van der Waals surface area contributed by atoms with Crippen LogP contribution in [0.25, 0.3) is 0 Å². The summed E-state index contributed by atoms with van der Waals surface area (Å²) in [5, 5.41) is 11.9. The average Bonchev–Trinajstić information content (AvgIpc) is 2.36. The van der Waals surface area contributed by atoms with Crippen LogP contribution in [0.4, 0.5) is 11.4 Å². The molecule has 0 heterocycles. The van der Waals surface area contributed by atoms with Gasteiger partial charge in [0.2, 0.25) is 0 Å². The zero-order chi connectivity index (χ0) is 13.7. The van der Waals surface area contributed by atoms with Gasteiger partial charge in [-0.05, 0) is 24.1 Å². The predicted octanol–water partition coefficient (Wildman–Crippen LogP) is 1.75. The van der Waals surface area contributed by atoms with E-state index in [2.05, 4.69) is 5.32 Å². The molecule has 0 aromatic heterocycles. The van der Waals surface area contributed by atoms with Gasteiger partial charge < -0.3 is 15.8 Å². The van der Waals surface area contributed by atoms with E-state index in [1.54, 1.807) is 18.2 Å². The topological polar surface area (TPSA) is 88.1 Å². The zero-order valence-corrected chi connectivity index (χ0v) is 10.7. The van der Waals surface area contributed by atoms with E-state index in [-0.39, 0.29) is 11.9 Å². The molecule has 5 heteroatoms. The summed E-state index contributed by atoms with van der Waals surface area (Å²) in [7, 11) is 1.35. The van der Waals surface area contributed by atoms with Gasteiger partial charge in [0.15, 0.2) is 0 Å².